The van der Waals surface area contributed by atoms with Crippen molar-refractivity contribution in [3.8, 4) is 12.3 Å². The fraction of sp³-hybridized carbons (Fsp3) is 0.550. The Kier molecular flexibility index (Phi) is 7.45. The summed E-state index contributed by atoms with van der Waals surface area (Å²) in [6.07, 6.45) is 7.31. The first kappa shape index (κ1) is 19.5. The van der Waals surface area contributed by atoms with E-state index in [0.717, 1.165) is 24.6 Å². The van der Waals surface area contributed by atoms with Crippen LogP contribution in [0.4, 0.5) is 5.69 Å². The van der Waals surface area contributed by atoms with Crippen LogP contribution >= 0.6 is 0 Å². The molecule has 5 heteroatoms. The second-order valence-electron chi connectivity index (χ2n) is 7.11. The van der Waals surface area contributed by atoms with Crippen molar-refractivity contribution < 1.29 is 9.90 Å². The lowest BCUT2D eigenvalue weighted by molar-refractivity contribution is -0.117. The number of piperidine rings is 1. The molecular formula is C20H29N3O2. The van der Waals surface area contributed by atoms with Crippen LogP contribution in [0.5, 0.6) is 0 Å². The number of anilines is 1. The Bertz CT molecular complexity index is 603. The van der Waals surface area contributed by atoms with E-state index in [2.05, 4.69) is 23.1 Å². The number of likely N-dealkylation sites (N-methyl/N-ethyl adjacent to an activating group) is 1. The molecule has 1 saturated heterocycles. The van der Waals surface area contributed by atoms with E-state index in [-0.39, 0.29) is 12.5 Å². The van der Waals surface area contributed by atoms with Crippen molar-refractivity contribution in [2.45, 2.75) is 25.9 Å². The number of hydrogen-bond acceptors (Lipinski definition) is 4. The van der Waals surface area contributed by atoms with Gasteiger partial charge in [0, 0.05) is 24.3 Å². The fourth-order valence-electron chi connectivity index (χ4n) is 3.16. The van der Waals surface area contributed by atoms with Gasteiger partial charge in [-0.15, -0.1) is 6.42 Å². The van der Waals surface area contributed by atoms with Gasteiger partial charge in [-0.25, -0.2) is 0 Å². The highest BCUT2D eigenvalue weighted by atomic mass is 16.3. The third-order valence-electron chi connectivity index (χ3n) is 4.59. The van der Waals surface area contributed by atoms with Gasteiger partial charge in [-0.3, -0.25) is 9.69 Å². The maximum atomic E-state index is 12.1. The summed E-state index contributed by atoms with van der Waals surface area (Å²) in [4.78, 5) is 16.3. The van der Waals surface area contributed by atoms with Crippen LogP contribution in [-0.2, 0) is 4.79 Å². The summed E-state index contributed by atoms with van der Waals surface area (Å²) >= 11 is 0. The molecule has 0 radical (unpaired) electrons. The number of likely N-dealkylation sites (tertiary alicyclic amines) is 1. The van der Waals surface area contributed by atoms with E-state index in [4.69, 9.17) is 6.42 Å². The first-order valence-corrected chi connectivity index (χ1v) is 8.91. The van der Waals surface area contributed by atoms with E-state index in [1.807, 2.05) is 30.1 Å². The average molecular weight is 343 g/mol. The predicted octanol–water partition coefficient (Wildman–Crippen LogP) is 1.63. The molecule has 1 heterocycles. The Morgan fingerprint density at radius 1 is 1.48 bits per heavy atom. The van der Waals surface area contributed by atoms with E-state index >= 15 is 0 Å². The second-order valence-corrected chi connectivity index (χ2v) is 7.11. The summed E-state index contributed by atoms with van der Waals surface area (Å²) in [6.45, 7) is 5.75. The highest BCUT2D eigenvalue weighted by Crippen LogP contribution is 2.16. The third kappa shape index (κ3) is 6.87. The molecule has 5 nitrogen and oxygen atoms in total. The third-order valence-corrected chi connectivity index (χ3v) is 4.59. The van der Waals surface area contributed by atoms with Gasteiger partial charge in [-0.2, -0.15) is 0 Å². The van der Waals surface area contributed by atoms with Crippen LogP contribution in [-0.4, -0.2) is 66.7 Å². The summed E-state index contributed by atoms with van der Waals surface area (Å²) in [5.41, 5.74) is 1.43. The molecule has 0 aromatic heterocycles. The van der Waals surface area contributed by atoms with Crippen molar-refractivity contribution >= 4 is 11.6 Å². The van der Waals surface area contributed by atoms with Crippen LogP contribution < -0.4 is 5.32 Å². The fourth-order valence-corrected chi connectivity index (χ4v) is 3.16. The lowest BCUT2D eigenvalue weighted by Gasteiger charge is -2.32. The number of rotatable bonds is 7. The van der Waals surface area contributed by atoms with E-state index in [9.17, 15) is 9.90 Å². The van der Waals surface area contributed by atoms with E-state index in [1.165, 1.54) is 12.8 Å². The number of nitrogens with one attached hydrogen (secondary N) is 1. The zero-order valence-corrected chi connectivity index (χ0v) is 15.2. The summed E-state index contributed by atoms with van der Waals surface area (Å²) in [5, 5.41) is 13.1. The predicted molar refractivity (Wildman–Crippen MR) is 101 cm³/mol. The molecule has 136 valence electrons. The summed E-state index contributed by atoms with van der Waals surface area (Å²) in [7, 11) is 1.85. The lowest BCUT2D eigenvalue weighted by Crippen LogP contribution is -2.43. The minimum absolute atomic E-state index is 0.115. The zero-order valence-electron chi connectivity index (χ0n) is 15.2. The minimum Gasteiger partial charge on any atom is -0.390 e. The topological polar surface area (TPSA) is 55.8 Å². The number of β-amino-alcohol motifs (C(OH)–C–C–N with tert-alkyl or cyclic N) is 1. The van der Waals surface area contributed by atoms with Gasteiger partial charge in [0.25, 0.3) is 0 Å². The van der Waals surface area contributed by atoms with Crippen LogP contribution in [0.2, 0.25) is 0 Å². The minimum atomic E-state index is -0.448. The molecule has 0 aliphatic carbocycles. The van der Waals surface area contributed by atoms with Crippen molar-refractivity contribution in [1.82, 2.24) is 9.80 Å². The SMILES string of the molecule is C#Cc1cccc(NC(=O)CN(C)CC(O)CN2CCC(C)CC2)c1. The Labute approximate surface area is 151 Å². The molecule has 25 heavy (non-hydrogen) atoms. The number of hydrogen-bond donors (Lipinski definition) is 2. The maximum Gasteiger partial charge on any atom is 0.238 e. The van der Waals surface area contributed by atoms with Crippen molar-refractivity contribution in [3.05, 3.63) is 29.8 Å². The number of nitrogens with zero attached hydrogens (tertiary/aromatic N) is 2. The zero-order chi connectivity index (χ0) is 18.2. The standard InChI is InChI=1S/C20H29N3O2/c1-4-17-6-5-7-18(12-17)21-20(25)15-22(3)13-19(24)14-23-10-8-16(2)9-11-23/h1,5-7,12,16,19,24H,8-11,13-15H2,2-3H3,(H,21,25). The number of benzene rings is 1. The van der Waals surface area contributed by atoms with Crippen molar-refractivity contribution in [1.29, 1.82) is 0 Å². The second kappa shape index (κ2) is 9.57. The number of aliphatic hydroxyl groups excluding tert-OH is 1. The molecule has 0 saturated carbocycles. The van der Waals surface area contributed by atoms with Crippen molar-refractivity contribution in [2.75, 3.05) is 45.1 Å². The molecule has 0 bridgehead atoms. The summed E-state index contributed by atoms with van der Waals surface area (Å²) in [6, 6.07) is 7.21. The van der Waals surface area contributed by atoms with Gasteiger partial charge in [0.2, 0.25) is 5.91 Å². The van der Waals surface area contributed by atoms with Crippen LogP contribution in [0.3, 0.4) is 0 Å². The summed E-state index contributed by atoms with van der Waals surface area (Å²) < 4.78 is 0. The molecule has 1 aliphatic rings. The Hall–Kier alpha value is -1.87. The molecule has 1 unspecified atom stereocenters. The van der Waals surface area contributed by atoms with Crippen LogP contribution in [0.15, 0.2) is 24.3 Å². The Morgan fingerprint density at radius 2 is 2.20 bits per heavy atom. The van der Waals surface area contributed by atoms with Crippen molar-refractivity contribution in [3.63, 3.8) is 0 Å². The number of amides is 1. The van der Waals surface area contributed by atoms with Gasteiger partial charge in [0.15, 0.2) is 0 Å². The highest BCUT2D eigenvalue weighted by Gasteiger charge is 2.19. The van der Waals surface area contributed by atoms with Gasteiger partial charge in [0.1, 0.15) is 0 Å². The van der Waals surface area contributed by atoms with Crippen LogP contribution in [0.25, 0.3) is 0 Å². The van der Waals surface area contributed by atoms with Gasteiger partial charge < -0.3 is 15.3 Å². The Balaban J connectivity index is 1.72. The van der Waals surface area contributed by atoms with Gasteiger partial charge in [-0.1, -0.05) is 18.9 Å². The van der Waals surface area contributed by atoms with Gasteiger partial charge in [-0.05, 0) is 57.1 Å². The molecule has 0 spiro atoms. The maximum absolute atomic E-state index is 12.1. The molecule has 2 rings (SSSR count). The molecule has 1 aliphatic heterocycles. The lowest BCUT2D eigenvalue weighted by atomic mass is 9.99. The molecule has 1 amide bonds. The van der Waals surface area contributed by atoms with Crippen molar-refractivity contribution in [2.24, 2.45) is 5.92 Å². The number of carbonyl (C=O) groups is 1. The first-order chi connectivity index (χ1) is 12.0. The normalized spacial score (nSPS) is 17.2. The average Bonchev–Trinajstić information content (AvgIpc) is 2.56. The largest absolute Gasteiger partial charge is 0.390 e. The molecule has 1 aromatic carbocycles. The molecule has 1 atom stereocenters. The van der Waals surface area contributed by atoms with E-state index in [1.54, 1.807) is 6.07 Å². The number of carbonyl (C=O) groups excluding carboxylic acids is 1. The quantitative estimate of drug-likeness (QED) is 0.739. The molecule has 2 N–H and O–H groups in total. The number of terminal acetylenes is 1. The molecule has 1 fully saturated rings. The number of aliphatic hydroxyl groups is 1. The van der Waals surface area contributed by atoms with Gasteiger partial charge >= 0.3 is 0 Å². The molecular weight excluding hydrogens is 314 g/mol. The van der Waals surface area contributed by atoms with Crippen LogP contribution in [0, 0.1) is 18.3 Å². The Morgan fingerprint density at radius 3 is 2.88 bits per heavy atom. The highest BCUT2D eigenvalue weighted by molar-refractivity contribution is 5.92. The van der Waals surface area contributed by atoms with Gasteiger partial charge in [0.05, 0.1) is 12.6 Å². The summed E-state index contributed by atoms with van der Waals surface area (Å²) in [5.74, 6) is 3.22. The first-order valence-electron chi connectivity index (χ1n) is 8.91. The molecule has 1 aromatic rings. The van der Waals surface area contributed by atoms with E-state index in [0.29, 0.717) is 18.8 Å². The smallest absolute Gasteiger partial charge is 0.238 e. The van der Waals surface area contributed by atoms with Crippen LogP contribution in [0.1, 0.15) is 25.3 Å². The monoisotopic (exact) mass is 343 g/mol. The van der Waals surface area contributed by atoms with E-state index < -0.39 is 6.10 Å².